The molecule has 4 nitrogen and oxygen atoms in total. The fourth-order valence-electron chi connectivity index (χ4n) is 2.11. The first kappa shape index (κ1) is 16.3. The van der Waals surface area contributed by atoms with E-state index in [0.29, 0.717) is 18.9 Å². The van der Waals surface area contributed by atoms with Gasteiger partial charge in [-0.2, -0.15) is 0 Å². The van der Waals surface area contributed by atoms with Crippen LogP contribution in [0.3, 0.4) is 0 Å². The predicted octanol–water partition coefficient (Wildman–Crippen LogP) is 2.72. The van der Waals surface area contributed by atoms with Crippen LogP contribution in [0.15, 0.2) is 12.1 Å². The number of benzene rings is 1. The smallest absolute Gasteiger partial charge is 0.224 e. The van der Waals surface area contributed by atoms with Crippen LogP contribution < -0.4 is 14.8 Å². The van der Waals surface area contributed by atoms with Crippen molar-refractivity contribution in [3.63, 3.8) is 0 Å². The van der Waals surface area contributed by atoms with Crippen molar-refractivity contribution in [2.24, 2.45) is 5.92 Å². The van der Waals surface area contributed by atoms with Gasteiger partial charge >= 0.3 is 0 Å². The second kappa shape index (κ2) is 7.78. The maximum atomic E-state index is 11.9. The number of rotatable bonds is 7. The Hall–Kier alpha value is -1.71. The van der Waals surface area contributed by atoms with Crippen LogP contribution in [-0.2, 0) is 11.2 Å². The summed E-state index contributed by atoms with van der Waals surface area (Å²) in [5.41, 5.74) is 1.80. The Bertz CT molecular complexity index is 455. The number of ether oxygens (including phenoxy) is 2. The maximum absolute atomic E-state index is 11.9. The van der Waals surface area contributed by atoms with Crippen molar-refractivity contribution in [1.29, 1.82) is 0 Å². The van der Waals surface area contributed by atoms with Crippen LogP contribution in [-0.4, -0.2) is 26.7 Å². The number of amides is 1. The number of nitrogens with one attached hydrogen (secondary N) is 1. The van der Waals surface area contributed by atoms with E-state index in [1.54, 1.807) is 14.2 Å². The number of carbonyl (C=O) groups excluding carboxylic acids is 1. The van der Waals surface area contributed by atoms with Crippen molar-refractivity contribution in [2.75, 3.05) is 20.8 Å². The highest BCUT2D eigenvalue weighted by Gasteiger charge is 2.13. The predicted molar refractivity (Wildman–Crippen MR) is 80.5 cm³/mol. The molecule has 0 atom stereocenters. The summed E-state index contributed by atoms with van der Waals surface area (Å²) in [6, 6.07) is 3.75. The molecule has 0 heterocycles. The molecule has 0 saturated heterocycles. The molecular weight excluding hydrogens is 254 g/mol. The van der Waals surface area contributed by atoms with Crippen molar-refractivity contribution in [3.05, 3.63) is 23.3 Å². The molecule has 0 unspecified atom stereocenters. The molecule has 0 aromatic heterocycles. The Balaban J connectivity index is 2.72. The van der Waals surface area contributed by atoms with Gasteiger partial charge in [-0.25, -0.2) is 0 Å². The Labute approximate surface area is 121 Å². The Morgan fingerprint density at radius 2 is 1.95 bits per heavy atom. The van der Waals surface area contributed by atoms with Crippen LogP contribution in [0, 0.1) is 12.8 Å². The van der Waals surface area contributed by atoms with Crippen LogP contribution >= 0.6 is 0 Å². The zero-order valence-corrected chi connectivity index (χ0v) is 13.1. The molecule has 1 N–H and O–H groups in total. The average Bonchev–Trinajstić information content (AvgIpc) is 2.39. The van der Waals surface area contributed by atoms with Crippen molar-refractivity contribution in [3.8, 4) is 11.5 Å². The highest BCUT2D eigenvalue weighted by atomic mass is 16.5. The van der Waals surface area contributed by atoms with Crippen LogP contribution in [0.4, 0.5) is 0 Å². The minimum absolute atomic E-state index is 0.0218. The van der Waals surface area contributed by atoms with Gasteiger partial charge in [0.05, 0.1) is 20.6 Å². The van der Waals surface area contributed by atoms with E-state index in [9.17, 15) is 4.79 Å². The summed E-state index contributed by atoms with van der Waals surface area (Å²) in [5.74, 6) is 2.11. The number of hydrogen-bond donors (Lipinski definition) is 1. The topological polar surface area (TPSA) is 47.6 Å². The first-order chi connectivity index (χ1) is 9.49. The van der Waals surface area contributed by atoms with Crippen LogP contribution in [0.25, 0.3) is 0 Å². The Morgan fingerprint density at radius 1 is 1.25 bits per heavy atom. The van der Waals surface area contributed by atoms with E-state index >= 15 is 0 Å². The van der Waals surface area contributed by atoms with Gasteiger partial charge in [0.2, 0.25) is 5.91 Å². The molecular formula is C16H25NO3. The SMILES string of the molecule is COc1ccc(CC(=O)NCCC(C)C)c(OC)c1C. The highest BCUT2D eigenvalue weighted by molar-refractivity contribution is 5.79. The van der Waals surface area contributed by atoms with E-state index in [-0.39, 0.29) is 5.91 Å². The van der Waals surface area contributed by atoms with E-state index in [0.717, 1.165) is 29.0 Å². The molecule has 1 rings (SSSR count). The van der Waals surface area contributed by atoms with Gasteiger partial charge in [-0.05, 0) is 25.3 Å². The van der Waals surface area contributed by atoms with Gasteiger partial charge in [-0.15, -0.1) is 0 Å². The fourth-order valence-corrected chi connectivity index (χ4v) is 2.11. The van der Waals surface area contributed by atoms with Crippen molar-refractivity contribution < 1.29 is 14.3 Å². The molecule has 0 bridgehead atoms. The average molecular weight is 279 g/mol. The lowest BCUT2D eigenvalue weighted by Gasteiger charge is -2.14. The normalized spacial score (nSPS) is 10.5. The molecule has 0 saturated carbocycles. The van der Waals surface area contributed by atoms with Gasteiger partial charge in [0.15, 0.2) is 0 Å². The van der Waals surface area contributed by atoms with E-state index < -0.39 is 0 Å². The van der Waals surface area contributed by atoms with Gasteiger partial charge in [0.25, 0.3) is 0 Å². The van der Waals surface area contributed by atoms with Crippen molar-refractivity contribution in [1.82, 2.24) is 5.32 Å². The lowest BCUT2D eigenvalue weighted by Crippen LogP contribution is -2.27. The number of methoxy groups -OCH3 is 2. The van der Waals surface area contributed by atoms with Gasteiger partial charge in [-0.1, -0.05) is 19.9 Å². The van der Waals surface area contributed by atoms with Crippen molar-refractivity contribution in [2.45, 2.75) is 33.6 Å². The van der Waals surface area contributed by atoms with E-state index in [2.05, 4.69) is 19.2 Å². The summed E-state index contributed by atoms with van der Waals surface area (Å²) < 4.78 is 10.7. The van der Waals surface area contributed by atoms with E-state index in [1.807, 2.05) is 19.1 Å². The van der Waals surface area contributed by atoms with E-state index in [4.69, 9.17) is 9.47 Å². The quantitative estimate of drug-likeness (QED) is 0.835. The van der Waals surface area contributed by atoms with Crippen LogP contribution in [0.1, 0.15) is 31.4 Å². The summed E-state index contributed by atoms with van der Waals surface area (Å²) >= 11 is 0. The maximum Gasteiger partial charge on any atom is 0.224 e. The molecule has 4 heteroatoms. The molecule has 1 aromatic carbocycles. The molecule has 0 fully saturated rings. The summed E-state index contributed by atoms with van der Waals surface area (Å²) in [4.78, 5) is 11.9. The molecule has 1 amide bonds. The minimum Gasteiger partial charge on any atom is -0.496 e. The molecule has 1 aromatic rings. The zero-order valence-electron chi connectivity index (χ0n) is 13.1. The third-order valence-corrected chi connectivity index (χ3v) is 3.26. The van der Waals surface area contributed by atoms with Crippen molar-refractivity contribution >= 4 is 5.91 Å². The standard InChI is InChI=1S/C16H25NO3/c1-11(2)8-9-17-15(18)10-13-6-7-14(19-4)12(3)16(13)20-5/h6-7,11H,8-10H2,1-5H3,(H,17,18). The molecule has 0 radical (unpaired) electrons. The van der Waals surface area contributed by atoms with Gasteiger partial charge < -0.3 is 14.8 Å². The fraction of sp³-hybridized carbons (Fsp3) is 0.562. The molecule has 0 spiro atoms. The largest absolute Gasteiger partial charge is 0.496 e. The highest BCUT2D eigenvalue weighted by Crippen LogP contribution is 2.31. The molecule has 20 heavy (non-hydrogen) atoms. The third-order valence-electron chi connectivity index (χ3n) is 3.26. The summed E-state index contributed by atoms with van der Waals surface area (Å²) in [6.45, 7) is 6.93. The third kappa shape index (κ3) is 4.44. The van der Waals surface area contributed by atoms with Crippen LogP contribution in [0.2, 0.25) is 0 Å². The first-order valence-electron chi connectivity index (χ1n) is 6.96. The van der Waals surface area contributed by atoms with Crippen LogP contribution in [0.5, 0.6) is 11.5 Å². The first-order valence-corrected chi connectivity index (χ1v) is 6.96. The Kier molecular flexibility index (Phi) is 6.36. The Morgan fingerprint density at radius 3 is 2.50 bits per heavy atom. The lowest BCUT2D eigenvalue weighted by atomic mass is 10.1. The zero-order chi connectivity index (χ0) is 15.1. The molecule has 112 valence electrons. The van der Waals surface area contributed by atoms with Gasteiger partial charge in [0, 0.05) is 17.7 Å². The van der Waals surface area contributed by atoms with E-state index in [1.165, 1.54) is 0 Å². The number of hydrogen-bond acceptors (Lipinski definition) is 3. The summed E-state index contributed by atoms with van der Waals surface area (Å²) in [6.07, 6.45) is 1.32. The second-order valence-corrected chi connectivity index (χ2v) is 5.29. The van der Waals surface area contributed by atoms with Gasteiger partial charge in [-0.3, -0.25) is 4.79 Å². The monoisotopic (exact) mass is 279 g/mol. The molecule has 0 aliphatic carbocycles. The molecule has 0 aliphatic heterocycles. The summed E-state index contributed by atoms with van der Waals surface area (Å²) in [7, 11) is 3.24. The van der Waals surface area contributed by atoms with Gasteiger partial charge in [0.1, 0.15) is 11.5 Å². The second-order valence-electron chi connectivity index (χ2n) is 5.29. The summed E-state index contributed by atoms with van der Waals surface area (Å²) in [5, 5.41) is 2.94. The lowest BCUT2D eigenvalue weighted by molar-refractivity contribution is -0.120. The number of carbonyl (C=O) groups is 1. The molecule has 0 aliphatic rings. The minimum atomic E-state index is 0.0218.